The molecule has 0 bridgehead atoms. The number of hydrogen-bond acceptors (Lipinski definition) is 3. The lowest BCUT2D eigenvalue weighted by atomic mass is 9.89. The Kier molecular flexibility index (Phi) is 3.72. The van der Waals surface area contributed by atoms with Gasteiger partial charge in [-0.05, 0) is 42.0 Å². The number of nitrogens with zero attached hydrogens (tertiary/aromatic N) is 2. The van der Waals surface area contributed by atoms with Gasteiger partial charge in [0.2, 0.25) is 5.91 Å². The van der Waals surface area contributed by atoms with Crippen molar-refractivity contribution in [2.75, 3.05) is 12.4 Å². The number of halogens is 1. The molecule has 2 aromatic carbocycles. The molecule has 4 rings (SSSR count). The highest BCUT2D eigenvalue weighted by molar-refractivity contribution is 5.94. The molecule has 1 aliphatic heterocycles. The van der Waals surface area contributed by atoms with Crippen LogP contribution in [0.4, 0.5) is 10.2 Å². The number of rotatable bonds is 3. The van der Waals surface area contributed by atoms with Crippen LogP contribution < -0.4 is 10.1 Å². The van der Waals surface area contributed by atoms with Gasteiger partial charge in [0, 0.05) is 18.0 Å². The zero-order valence-corrected chi connectivity index (χ0v) is 13.6. The molecule has 0 aliphatic carbocycles. The summed E-state index contributed by atoms with van der Waals surface area (Å²) in [5.41, 5.74) is 2.50. The summed E-state index contributed by atoms with van der Waals surface area (Å²) >= 11 is 0. The third-order valence-electron chi connectivity index (χ3n) is 4.37. The van der Waals surface area contributed by atoms with Gasteiger partial charge in [-0.2, -0.15) is 0 Å². The van der Waals surface area contributed by atoms with Crippen LogP contribution in [0.25, 0.3) is 5.69 Å². The number of ether oxygens (including phenoxy) is 1. The second kappa shape index (κ2) is 6.05. The van der Waals surface area contributed by atoms with E-state index in [2.05, 4.69) is 10.3 Å². The van der Waals surface area contributed by atoms with Crippen molar-refractivity contribution in [3.05, 3.63) is 71.9 Å². The second-order valence-electron chi connectivity index (χ2n) is 5.91. The molecule has 1 aromatic heterocycles. The zero-order valence-electron chi connectivity index (χ0n) is 13.6. The van der Waals surface area contributed by atoms with Crippen molar-refractivity contribution in [1.29, 1.82) is 0 Å². The lowest BCUT2D eigenvalue weighted by Crippen LogP contribution is -2.24. The minimum Gasteiger partial charge on any atom is -0.497 e. The molecule has 1 unspecified atom stereocenters. The molecule has 1 atom stereocenters. The standard InChI is InChI=1S/C19H16FN3O2/c1-25-15-4-2-3-12(9-15)16-10-17(24)22-19-18(16)21-11-23(19)14-7-5-13(20)6-8-14/h2-9,11,16H,10H2,1H3,(H,22,24). The number of carbonyl (C=O) groups is 1. The van der Waals surface area contributed by atoms with Gasteiger partial charge in [-0.25, -0.2) is 9.37 Å². The molecule has 3 aromatic rings. The smallest absolute Gasteiger partial charge is 0.226 e. The second-order valence-corrected chi connectivity index (χ2v) is 5.91. The fraction of sp³-hybridized carbons (Fsp3) is 0.158. The van der Waals surface area contributed by atoms with E-state index in [9.17, 15) is 9.18 Å². The number of amides is 1. The van der Waals surface area contributed by atoms with E-state index in [-0.39, 0.29) is 17.6 Å². The normalized spacial score (nSPS) is 16.2. The first-order valence-corrected chi connectivity index (χ1v) is 7.92. The Labute approximate surface area is 144 Å². The van der Waals surface area contributed by atoms with E-state index in [1.807, 2.05) is 24.3 Å². The summed E-state index contributed by atoms with van der Waals surface area (Å²) in [7, 11) is 1.61. The van der Waals surface area contributed by atoms with Gasteiger partial charge in [0.25, 0.3) is 0 Å². The van der Waals surface area contributed by atoms with Crippen LogP contribution in [0.2, 0.25) is 0 Å². The molecule has 126 valence electrons. The molecule has 25 heavy (non-hydrogen) atoms. The molecule has 0 spiro atoms. The van der Waals surface area contributed by atoms with Crippen LogP contribution in [-0.2, 0) is 4.79 Å². The highest BCUT2D eigenvalue weighted by Crippen LogP contribution is 2.38. The maximum absolute atomic E-state index is 13.2. The van der Waals surface area contributed by atoms with Crippen molar-refractivity contribution in [2.24, 2.45) is 0 Å². The summed E-state index contributed by atoms with van der Waals surface area (Å²) < 4.78 is 20.2. The summed E-state index contributed by atoms with van der Waals surface area (Å²) in [5, 5.41) is 2.89. The maximum Gasteiger partial charge on any atom is 0.226 e. The van der Waals surface area contributed by atoms with E-state index in [4.69, 9.17) is 4.74 Å². The molecule has 0 fully saturated rings. The Morgan fingerprint density at radius 1 is 1.24 bits per heavy atom. The number of imidazole rings is 1. The van der Waals surface area contributed by atoms with E-state index >= 15 is 0 Å². The van der Waals surface area contributed by atoms with E-state index in [0.29, 0.717) is 12.2 Å². The van der Waals surface area contributed by atoms with Crippen LogP contribution in [0.5, 0.6) is 5.75 Å². The van der Waals surface area contributed by atoms with Crippen LogP contribution >= 0.6 is 0 Å². The van der Waals surface area contributed by atoms with E-state index in [0.717, 1.165) is 22.7 Å². The van der Waals surface area contributed by atoms with E-state index in [1.165, 1.54) is 12.1 Å². The van der Waals surface area contributed by atoms with Crippen LogP contribution in [0.3, 0.4) is 0 Å². The Morgan fingerprint density at radius 2 is 2.04 bits per heavy atom. The van der Waals surface area contributed by atoms with Crippen molar-refractivity contribution < 1.29 is 13.9 Å². The average Bonchev–Trinajstić information content (AvgIpc) is 3.05. The zero-order chi connectivity index (χ0) is 17.4. The van der Waals surface area contributed by atoms with Gasteiger partial charge in [0.15, 0.2) is 0 Å². The minimum atomic E-state index is -0.309. The first-order valence-electron chi connectivity index (χ1n) is 7.92. The van der Waals surface area contributed by atoms with Crippen LogP contribution in [0.15, 0.2) is 54.9 Å². The Hall–Kier alpha value is -3.15. The highest BCUT2D eigenvalue weighted by Gasteiger charge is 2.31. The third kappa shape index (κ3) is 2.76. The topological polar surface area (TPSA) is 56.1 Å². The Balaban J connectivity index is 1.79. The van der Waals surface area contributed by atoms with Crippen LogP contribution in [-0.4, -0.2) is 22.6 Å². The predicted molar refractivity (Wildman–Crippen MR) is 91.6 cm³/mol. The molecule has 2 heterocycles. The predicted octanol–water partition coefficient (Wildman–Crippen LogP) is 3.49. The van der Waals surface area contributed by atoms with Gasteiger partial charge >= 0.3 is 0 Å². The summed E-state index contributed by atoms with van der Waals surface area (Å²) in [5.74, 6) is 0.819. The molecular weight excluding hydrogens is 321 g/mol. The molecule has 6 heteroatoms. The van der Waals surface area contributed by atoms with Gasteiger partial charge < -0.3 is 10.1 Å². The van der Waals surface area contributed by atoms with E-state index < -0.39 is 0 Å². The monoisotopic (exact) mass is 337 g/mol. The number of anilines is 1. The number of nitrogens with one attached hydrogen (secondary N) is 1. The van der Waals surface area contributed by atoms with Gasteiger partial charge in [-0.3, -0.25) is 9.36 Å². The number of carbonyl (C=O) groups excluding carboxylic acids is 1. The summed E-state index contributed by atoms with van der Waals surface area (Å²) in [4.78, 5) is 16.8. The minimum absolute atomic E-state index is 0.0795. The fourth-order valence-corrected chi connectivity index (χ4v) is 3.14. The first kappa shape index (κ1) is 15.4. The van der Waals surface area contributed by atoms with Gasteiger partial charge in [-0.15, -0.1) is 0 Å². The summed E-state index contributed by atoms with van der Waals surface area (Å²) in [6.07, 6.45) is 1.97. The lowest BCUT2D eigenvalue weighted by molar-refractivity contribution is -0.116. The number of benzene rings is 2. The lowest BCUT2D eigenvalue weighted by Gasteiger charge is -2.23. The van der Waals surface area contributed by atoms with E-state index in [1.54, 1.807) is 30.1 Å². The van der Waals surface area contributed by atoms with Gasteiger partial charge in [0.1, 0.15) is 23.7 Å². The number of fused-ring (bicyclic) bond motifs is 1. The highest BCUT2D eigenvalue weighted by atomic mass is 19.1. The average molecular weight is 337 g/mol. The number of aromatic nitrogens is 2. The largest absolute Gasteiger partial charge is 0.497 e. The van der Waals surface area contributed by atoms with Crippen molar-refractivity contribution in [3.8, 4) is 11.4 Å². The van der Waals surface area contributed by atoms with Crippen molar-refractivity contribution in [3.63, 3.8) is 0 Å². The molecule has 1 amide bonds. The van der Waals surface area contributed by atoms with Gasteiger partial charge in [-0.1, -0.05) is 12.1 Å². The Bertz CT molecular complexity index is 934. The van der Waals surface area contributed by atoms with Gasteiger partial charge in [0.05, 0.1) is 12.8 Å². The van der Waals surface area contributed by atoms with Crippen LogP contribution in [0, 0.1) is 5.82 Å². The Morgan fingerprint density at radius 3 is 2.80 bits per heavy atom. The summed E-state index contributed by atoms with van der Waals surface area (Å²) in [6.45, 7) is 0. The molecule has 1 aliphatic rings. The number of hydrogen-bond donors (Lipinski definition) is 1. The third-order valence-corrected chi connectivity index (χ3v) is 4.37. The summed E-state index contributed by atoms with van der Waals surface area (Å²) in [6, 6.07) is 13.7. The quantitative estimate of drug-likeness (QED) is 0.796. The molecule has 1 N–H and O–H groups in total. The fourth-order valence-electron chi connectivity index (χ4n) is 3.14. The van der Waals surface area contributed by atoms with Crippen molar-refractivity contribution in [2.45, 2.75) is 12.3 Å². The molecular formula is C19H16FN3O2. The van der Waals surface area contributed by atoms with Crippen LogP contribution in [0.1, 0.15) is 23.6 Å². The number of methoxy groups -OCH3 is 1. The molecule has 0 saturated heterocycles. The molecule has 0 radical (unpaired) electrons. The molecule has 5 nitrogen and oxygen atoms in total. The first-order chi connectivity index (χ1) is 12.2. The van der Waals surface area contributed by atoms with Crippen molar-refractivity contribution in [1.82, 2.24) is 9.55 Å². The maximum atomic E-state index is 13.2. The SMILES string of the molecule is COc1cccc(C2CC(=O)Nc3c2ncn3-c2ccc(F)cc2)c1. The van der Waals surface area contributed by atoms with Crippen molar-refractivity contribution >= 4 is 11.7 Å². The molecule has 0 saturated carbocycles.